The monoisotopic (exact) mass is 343 g/mol. The maximum atomic E-state index is 12.3. The first-order chi connectivity index (χ1) is 11.8. The maximum absolute atomic E-state index is 12.3. The third-order valence-corrected chi connectivity index (χ3v) is 4.56. The molecule has 0 saturated heterocycles. The van der Waals surface area contributed by atoms with E-state index in [-0.39, 0.29) is 12.5 Å². The van der Waals surface area contributed by atoms with Gasteiger partial charge in [-0.1, -0.05) is 18.2 Å². The Morgan fingerprint density at radius 3 is 2.96 bits per heavy atom. The Balaban J connectivity index is 1.75. The van der Waals surface area contributed by atoms with Gasteiger partial charge in [-0.05, 0) is 36.9 Å². The van der Waals surface area contributed by atoms with E-state index in [1.807, 2.05) is 53.3 Å². The molecule has 1 N–H and O–H groups in total. The molecule has 0 saturated carbocycles. The Labute approximate surface area is 145 Å². The van der Waals surface area contributed by atoms with Gasteiger partial charge in [-0.15, -0.1) is 11.3 Å². The van der Waals surface area contributed by atoms with Crippen molar-refractivity contribution in [3.05, 3.63) is 41.8 Å². The molecule has 0 radical (unpaired) electrons. The first-order valence-electron chi connectivity index (χ1n) is 8.13. The van der Waals surface area contributed by atoms with E-state index < -0.39 is 0 Å². The molecule has 0 spiro atoms. The van der Waals surface area contributed by atoms with E-state index >= 15 is 0 Å². The summed E-state index contributed by atoms with van der Waals surface area (Å²) in [6.45, 7) is 4.24. The molecule has 0 aliphatic carbocycles. The summed E-state index contributed by atoms with van der Waals surface area (Å²) in [5, 5.41) is 4.97. The van der Waals surface area contributed by atoms with Crippen LogP contribution in [-0.2, 0) is 16.1 Å². The van der Waals surface area contributed by atoms with Crippen LogP contribution in [0.25, 0.3) is 21.7 Å². The van der Waals surface area contributed by atoms with Gasteiger partial charge < -0.3 is 14.6 Å². The second kappa shape index (κ2) is 8.08. The van der Waals surface area contributed by atoms with E-state index in [4.69, 9.17) is 9.72 Å². The zero-order valence-electron chi connectivity index (χ0n) is 13.7. The van der Waals surface area contributed by atoms with Crippen molar-refractivity contribution >= 4 is 28.3 Å². The van der Waals surface area contributed by atoms with Crippen LogP contribution in [0.4, 0.5) is 0 Å². The number of aromatic nitrogens is 2. The van der Waals surface area contributed by atoms with Gasteiger partial charge in [0.25, 0.3) is 0 Å². The molecule has 2 aromatic heterocycles. The Kier molecular flexibility index (Phi) is 5.61. The largest absolute Gasteiger partial charge is 0.382 e. The number of thiophene rings is 1. The number of fused-ring (bicyclic) bond motifs is 1. The van der Waals surface area contributed by atoms with Crippen molar-refractivity contribution in [1.82, 2.24) is 14.9 Å². The van der Waals surface area contributed by atoms with Crippen molar-refractivity contribution in [2.45, 2.75) is 19.9 Å². The zero-order chi connectivity index (χ0) is 16.8. The summed E-state index contributed by atoms with van der Waals surface area (Å²) in [6.07, 6.45) is 0.821. The topological polar surface area (TPSA) is 56.1 Å². The quantitative estimate of drug-likeness (QED) is 0.639. The molecule has 0 fully saturated rings. The lowest BCUT2D eigenvalue weighted by molar-refractivity contribution is -0.121. The van der Waals surface area contributed by atoms with Crippen molar-refractivity contribution in [2.24, 2.45) is 0 Å². The molecule has 0 aliphatic rings. The van der Waals surface area contributed by atoms with Gasteiger partial charge in [-0.2, -0.15) is 0 Å². The number of carbonyl (C=O) groups excluding carboxylic acids is 1. The molecule has 24 heavy (non-hydrogen) atoms. The predicted octanol–water partition coefficient (Wildman–Crippen LogP) is 3.31. The summed E-state index contributed by atoms with van der Waals surface area (Å²) in [5.74, 6) is 0.836. The molecular formula is C18H21N3O2S. The third kappa shape index (κ3) is 3.83. The fourth-order valence-electron chi connectivity index (χ4n) is 2.58. The van der Waals surface area contributed by atoms with Gasteiger partial charge in [0.05, 0.1) is 15.9 Å². The Morgan fingerprint density at radius 1 is 1.29 bits per heavy atom. The number of para-hydroxylation sites is 2. The highest BCUT2D eigenvalue weighted by molar-refractivity contribution is 7.13. The number of imidazole rings is 1. The normalized spacial score (nSPS) is 11.0. The van der Waals surface area contributed by atoms with Crippen molar-refractivity contribution in [3.8, 4) is 10.7 Å². The predicted molar refractivity (Wildman–Crippen MR) is 97.2 cm³/mol. The number of carbonyl (C=O) groups is 1. The Morgan fingerprint density at radius 2 is 2.17 bits per heavy atom. The summed E-state index contributed by atoms with van der Waals surface area (Å²) in [7, 11) is 0. The first kappa shape index (κ1) is 16.7. The number of hydrogen-bond acceptors (Lipinski definition) is 4. The van der Waals surface area contributed by atoms with E-state index in [1.54, 1.807) is 11.3 Å². The van der Waals surface area contributed by atoms with Crippen LogP contribution in [-0.4, -0.2) is 35.2 Å². The lowest BCUT2D eigenvalue weighted by atomic mass is 10.3. The third-order valence-electron chi connectivity index (χ3n) is 3.69. The number of nitrogens with one attached hydrogen (secondary N) is 1. The molecule has 126 valence electrons. The molecule has 3 aromatic rings. The maximum Gasteiger partial charge on any atom is 0.240 e. The fraction of sp³-hybridized carbons (Fsp3) is 0.333. The van der Waals surface area contributed by atoms with E-state index in [0.717, 1.165) is 28.2 Å². The molecular weight excluding hydrogens is 322 g/mol. The Hall–Kier alpha value is -2.18. The van der Waals surface area contributed by atoms with Crippen LogP contribution in [0.3, 0.4) is 0 Å². The SMILES string of the molecule is CCOCCCNC(=O)Cn1c(-c2cccs2)nc2ccccc21. The smallest absolute Gasteiger partial charge is 0.240 e. The molecule has 3 rings (SSSR count). The van der Waals surface area contributed by atoms with E-state index in [1.165, 1.54) is 0 Å². The van der Waals surface area contributed by atoms with E-state index in [9.17, 15) is 4.79 Å². The fourth-order valence-corrected chi connectivity index (χ4v) is 3.30. The van der Waals surface area contributed by atoms with Gasteiger partial charge in [-0.25, -0.2) is 4.98 Å². The minimum atomic E-state index is -0.00698. The number of benzene rings is 1. The second-order valence-corrected chi connectivity index (χ2v) is 6.34. The van der Waals surface area contributed by atoms with Crippen LogP contribution in [0.5, 0.6) is 0 Å². The van der Waals surface area contributed by atoms with Crippen molar-refractivity contribution in [3.63, 3.8) is 0 Å². The van der Waals surface area contributed by atoms with Gasteiger partial charge in [0.2, 0.25) is 5.91 Å². The highest BCUT2D eigenvalue weighted by Crippen LogP contribution is 2.27. The van der Waals surface area contributed by atoms with Crippen molar-refractivity contribution < 1.29 is 9.53 Å². The van der Waals surface area contributed by atoms with Crippen molar-refractivity contribution in [2.75, 3.05) is 19.8 Å². The number of nitrogens with zero attached hydrogens (tertiary/aromatic N) is 2. The molecule has 0 atom stereocenters. The van der Waals surface area contributed by atoms with Crippen LogP contribution in [0.15, 0.2) is 41.8 Å². The van der Waals surface area contributed by atoms with Gasteiger partial charge in [0, 0.05) is 19.8 Å². The Bertz CT molecular complexity index is 796. The lowest BCUT2D eigenvalue weighted by Gasteiger charge is -2.09. The summed E-state index contributed by atoms with van der Waals surface area (Å²) in [4.78, 5) is 18.1. The number of ether oxygens (including phenoxy) is 1. The van der Waals surface area contributed by atoms with Crippen molar-refractivity contribution in [1.29, 1.82) is 0 Å². The van der Waals surface area contributed by atoms with Crippen LogP contribution < -0.4 is 5.32 Å². The van der Waals surface area contributed by atoms with E-state index in [0.29, 0.717) is 19.8 Å². The molecule has 0 unspecified atom stereocenters. The van der Waals surface area contributed by atoms with Gasteiger partial charge >= 0.3 is 0 Å². The first-order valence-corrected chi connectivity index (χ1v) is 9.01. The van der Waals surface area contributed by atoms with Crippen LogP contribution in [0, 0.1) is 0 Å². The highest BCUT2D eigenvalue weighted by Gasteiger charge is 2.15. The van der Waals surface area contributed by atoms with Crippen LogP contribution >= 0.6 is 11.3 Å². The molecule has 2 heterocycles. The second-order valence-electron chi connectivity index (χ2n) is 5.39. The molecule has 6 heteroatoms. The number of hydrogen-bond donors (Lipinski definition) is 1. The van der Waals surface area contributed by atoms with Crippen LogP contribution in [0.2, 0.25) is 0 Å². The highest BCUT2D eigenvalue weighted by atomic mass is 32.1. The van der Waals surface area contributed by atoms with Gasteiger partial charge in [0.1, 0.15) is 6.54 Å². The average Bonchev–Trinajstić information content (AvgIpc) is 3.23. The standard InChI is InChI=1S/C18H21N3O2S/c1-2-23-11-6-10-19-17(22)13-21-15-8-4-3-7-14(15)20-18(21)16-9-5-12-24-16/h3-5,7-9,12H,2,6,10-11,13H2,1H3,(H,19,22). The van der Waals surface area contributed by atoms with Gasteiger partial charge in [0.15, 0.2) is 5.82 Å². The minimum absolute atomic E-state index is 0.00698. The lowest BCUT2D eigenvalue weighted by Crippen LogP contribution is -2.29. The summed E-state index contributed by atoms with van der Waals surface area (Å²) in [5.41, 5.74) is 1.88. The minimum Gasteiger partial charge on any atom is -0.382 e. The van der Waals surface area contributed by atoms with Gasteiger partial charge in [-0.3, -0.25) is 4.79 Å². The molecule has 5 nitrogen and oxygen atoms in total. The molecule has 0 aliphatic heterocycles. The zero-order valence-corrected chi connectivity index (χ0v) is 14.5. The molecule has 1 amide bonds. The average molecular weight is 343 g/mol. The number of rotatable bonds is 8. The van der Waals surface area contributed by atoms with E-state index in [2.05, 4.69) is 5.32 Å². The summed E-state index contributed by atoms with van der Waals surface area (Å²) < 4.78 is 7.27. The van der Waals surface area contributed by atoms with Crippen LogP contribution in [0.1, 0.15) is 13.3 Å². The summed E-state index contributed by atoms with van der Waals surface area (Å²) >= 11 is 1.63. The number of amides is 1. The molecule has 0 bridgehead atoms. The summed E-state index contributed by atoms with van der Waals surface area (Å²) in [6, 6.07) is 11.9. The molecule has 1 aromatic carbocycles.